The zero-order valence-corrected chi connectivity index (χ0v) is 8.87. The quantitative estimate of drug-likeness (QED) is 0.469. The first-order valence-electron chi connectivity index (χ1n) is 3.56. The maximum Gasteiger partial charge on any atom is 0 e. The molecular formula is C8H12NY-. The van der Waals surface area contributed by atoms with E-state index in [0.717, 1.165) is 0 Å². The summed E-state index contributed by atoms with van der Waals surface area (Å²) in [5.74, 6) is 1.84. The molecule has 0 spiro atoms. The Hall–Kier alpha value is 0.804. The Labute approximate surface area is 87.3 Å². The summed E-state index contributed by atoms with van der Waals surface area (Å²) in [7, 11) is 0. The Balaban J connectivity index is 0.000000500. The third-order valence-corrected chi connectivity index (χ3v) is 2.69. The van der Waals surface area contributed by atoms with E-state index in [2.05, 4.69) is 19.1 Å². The number of fused-ring (bicyclic) bond motifs is 2. The molecule has 2 aliphatic rings. The van der Waals surface area contributed by atoms with Crippen molar-refractivity contribution >= 4 is 0 Å². The van der Waals surface area contributed by atoms with Gasteiger partial charge in [0.25, 0.3) is 0 Å². The fourth-order valence-electron chi connectivity index (χ4n) is 1.96. The Morgan fingerprint density at radius 3 is 2.20 bits per heavy atom. The van der Waals surface area contributed by atoms with Crippen LogP contribution in [-0.4, -0.2) is 6.04 Å². The van der Waals surface area contributed by atoms with Gasteiger partial charge in [-0.05, 0) is 24.3 Å². The number of nitrogens with two attached hydrogens (primary N) is 1. The summed E-state index contributed by atoms with van der Waals surface area (Å²) in [6.07, 6.45) is 5.78. The molecule has 1 radical (unpaired) electrons. The average molecular weight is 211 g/mol. The number of allylic oxidation sites excluding steroid dienone is 1. The van der Waals surface area contributed by atoms with Gasteiger partial charge in [0.05, 0.1) is 0 Å². The van der Waals surface area contributed by atoms with Crippen LogP contribution in [0.25, 0.3) is 0 Å². The molecule has 53 valence electrons. The summed E-state index contributed by atoms with van der Waals surface area (Å²) in [4.78, 5) is 0. The summed E-state index contributed by atoms with van der Waals surface area (Å²) in [5, 5.41) is 0. The molecule has 0 aromatic heterocycles. The molecule has 2 heteroatoms. The molecule has 0 heterocycles. The summed E-state index contributed by atoms with van der Waals surface area (Å²) >= 11 is 0. The normalized spacial score (nSPS) is 49.4. The van der Waals surface area contributed by atoms with Crippen LogP contribution in [-0.2, 0) is 32.7 Å². The van der Waals surface area contributed by atoms with Crippen LogP contribution in [0, 0.1) is 24.7 Å². The second kappa shape index (κ2) is 3.04. The van der Waals surface area contributed by atoms with E-state index >= 15 is 0 Å². The molecule has 1 fully saturated rings. The molecule has 4 unspecified atom stereocenters. The molecule has 4 atom stereocenters. The van der Waals surface area contributed by atoms with Gasteiger partial charge in [-0.3, -0.25) is 0 Å². The Morgan fingerprint density at radius 2 is 1.90 bits per heavy atom. The summed E-state index contributed by atoms with van der Waals surface area (Å²) in [5.41, 5.74) is 5.85. The monoisotopic (exact) mass is 211 g/mol. The zero-order valence-electron chi connectivity index (χ0n) is 6.03. The molecule has 10 heavy (non-hydrogen) atoms. The summed E-state index contributed by atoms with van der Waals surface area (Å²) in [6, 6.07) is 0.347. The van der Waals surface area contributed by atoms with Gasteiger partial charge in [-0.2, -0.15) is 0 Å². The Morgan fingerprint density at radius 1 is 1.30 bits per heavy atom. The van der Waals surface area contributed by atoms with E-state index in [4.69, 9.17) is 5.73 Å². The van der Waals surface area contributed by atoms with Crippen molar-refractivity contribution in [1.82, 2.24) is 0 Å². The van der Waals surface area contributed by atoms with E-state index in [9.17, 15) is 0 Å². The van der Waals surface area contributed by atoms with Crippen LogP contribution < -0.4 is 5.73 Å². The first kappa shape index (κ1) is 8.90. The second-order valence-electron chi connectivity index (χ2n) is 3.19. The van der Waals surface area contributed by atoms with E-state index in [1.54, 1.807) is 0 Å². The van der Waals surface area contributed by atoms with Gasteiger partial charge in [-0.15, -0.1) is 5.92 Å². The summed E-state index contributed by atoms with van der Waals surface area (Å²) in [6.45, 7) is 4.02. The van der Waals surface area contributed by atoms with Crippen molar-refractivity contribution in [1.29, 1.82) is 0 Å². The van der Waals surface area contributed by atoms with Crippen molar-refractivity contribution in [3.63, 3.8) is 0 Å². The van der Waals surface area contributed by atoms with E-state index in [1.165, 1.54) is 6.42 Å². The molecule has 2 aliphatic carbocycles. The van der Waals surface area contributed by atoms with Gasteiger partial charge in [0, 0.05) is 32.7 Å². The molecule has 0 aromatic carbocycles. The average Bonchev–Trinajstić information content (AvgIpc) is 2.37. The van der Waals surface area contributed by atoms with Gasteiger partial charge in [0.15, 0.2) is 0 Å². The Kier molecular flexibility index (Phi) is 2.71. The first-order valence-corrected chi connectivity index (χ1v) is 3.56. The second-order valence-corrected chi connectivity index (χ2v) is 3.19. The van der Waals surface area contributed by atoms with Crippen molar-refractivity contribution < 1.29 is 32.7 Å². The third kappa shape index (κ3) is 1.13. The van der Waals surface area contributed by atoms with Crippen molar-refractivity contribution in [2.24, 2.45) is 23.5 Å². The first-order chi connectivity index (χ1) is 4.29. The maximum absolute atomic E-state index is 5.85. The molecule has 1 saturated carbocycles. The van der Waals surface area contributed by atoms with Crippen LogP contribution in [0.15, 0.2) is 12.2 Å². The molecule has 0 amide bonds. The smallest absolute Gasteiger partial charge is 0 e. The van der Waals surface area contributed by atoms with Crippen molar-refractivity contribution in [3.8, 4) is 0 Å². The van der Waals surface area contributed by atoms with Crippen molar-refractivity contribution in [2.75, 3.05) is 0 Å². The molecule has 2 bridgehead atoms. The van der Waals surface area contributed by atoms with Crippen molar-refractivity contribution in [3.05, 3.63) is 19.1 Å². The predicted molar refractivity (Wildman–Crippen MR) is 37.6 cm³/mol. The fourth-order valence-corrected chi connectivity index (χ4v) is 1.96. The maximum atomic E-state index is 5.85. The molecule has 0 aromatic rings. The van der Waals surface area contributed by atoms with Gasteiger partial charge in [0.2, 0.25) is 0 Å². The van der Waals surface area contributed by atoms with E-state index < -0.39 is 0 Å². The van der Waals surface area contributed by atoms with E-state index in [-0.39, 0.29) is 32.7 Å². The topological polar surface area (TPSA) is 26.0 Å². The van der Waals surface area contributed by atoms with Crippen LogP contribution in [0.4, 0.5) is 0 Å². The molecule has 2 N–H and O–H groups in total. The van der Waals surface area contributed by atoms with Crippen LogP contribution in [0.3, 0.4) is 0 Å². The molecule has 0 aliphatic heterocycles. The number of rotatable bonds is 0. The predicted octanol–water partition coefficient (Wildman–Crippen LogP) is 0.967. The SMILES string of the molecule is [CH2-]C1C2C=CC(C2)C1N.[Y]. The minimum Gasteiger partial charge on any atom is -0.338 e. The van der Waals surface area contributed by atoms with Gasteiger partial charge in [-0.1, -0.05) is 12.2 Å². The molecule has 2 rings (SSSR count). The number of hydrogen-bond donors (Lipinski definition) is 1. The number of hydrogen-bond acceptors (Lipinski definition) is 1. The molecule has 0 saturated heterocycles. The minimum absolute atomic E-state index is 0. The molecular weight excluding hydrogens is 199 g/mol. The van der Waals surface area contributed by atoms with Crippen molar-refractivity contribution in [2.45, 2.75) is 12.5 Å². The fraction of sp³-hybridized carbons (Fsp3) is 0.625. The van der Waals surface area contributed by atoms with Gasteiger partial charge >= 0.3 is 0 Å². The van der Waals surface area contributed by atoms with E-state index in [1.807, 2.05) is 0 Å². The van der Waals surface area contributed by atoms with Crippen LogP contribution in [0.1, 0.15) is 6.42 Å². The van der Waals surface area contributed by atoms with Gasteiger partial charge < -0.3 is 12.7 Å². The van der Waals surface area contributed by atoms with E-state index in [0.29, 0.717) is 23.8 Å². The zero-order chi connectivity index (χ0) is 6.43. The van der Waals surface area contributed by atoms with Crippen LogP contribution >= 0.6 is 0 Å². The van der Waals surface area contributed by atoms with Gasteiger partial charge in [-0.25, -0.2) is 0 Å². The standard InChI is InChI=1S/C8H12N.Y/c1-5-6-2-3-7(4-6)8(5)9;/h2-3,5-8H,1,4,9H2;/q-1;. The van der Waals surface area contributed by atoms with Crippen LogP contribution in [0.5, 0.6) is 0 Å². The van der Waals surface area contributed by atoms with Gasteiger partial charge in [0.1, 0.15) is 0 Å². The third-order valence-electron chi connectivity index (χ3n) is 2.69. The summed E-state index contributed by atoms with van der Waals surface area (Å²) < 4.78 is 0. The Bertz CT molecular complexity index is 139. The van der Waals surface area contributed by atoms with Crippen LogP contribution in [0.2, 0.25) is 0 Å². The molecule has 1 nitrogen and oxygen atoms in total. The largest absolute Gasteiger partial charge is 0.338 e. The minimum atomic E-state index is 0.